The Morgan fingerprint density at radius 1 is 1.43 bits per heavy atom. The second kappa shape index (κ2) is 6.16. The first kappa shape index (κ1) is 15.7. The highest BCUT2D eigenvalue weighted by molar-refractivity contribution is 7.11. The number of hydrogen-bond acceptors (Lipinski definition) is 5. The number of nitrogens with two attached hydrogens (primary N) is 1. The van der Waals surface area contributed by atoms with Crippen LogP contribution in [-0.2, 0) is 6.42 Å². The van der Waals surface area contributed by atoms with Crippen molar-refractivity contribution in [2.45, 2.75) is 32.1 Å². The summed E-state index contributed by atoms with van der Waals surface area (Å²) in [5, 5.41) is 1.08. The van der Waals surface area contributed by atoms with Gasteiger partial charge in [-0.1, -0.05) is 0 Å². The molecule has 2 aromatic rings. The molecule has 2 N–H and O–H groups in total. The van der Waals surface area contributed by atoms with Gasteiger partial charge in [0.1, 0.15) is 0 Å². The molecule has 2 amide bonds. The highest BCUT2D eigenvalue weighted by Crippen LogP contribution is 2.35. The number of rotatable bonds is 4. The number of nitrogens with zero attached hydrogens (tertiary/aromatic N) is 2. The van der Waals surface area contributed by atoms with Gasteiger partial charge in [0.25, 0.3) is 11.8 Å². The normalized spacial score (nSPS) is 16.9. The summed E-state index contributed by atoms with van der Waals surface area (Å²) < 4.78 is 5.21. The molecule has 6 nitrogen and oxygen atoms in total. The molecule has 1 aliphatic carbocycles. The van der Waals surface area contributed by atoms with Gasteiger partial charge in [0.05, 0.1) is 10.7 Å². The lowest BCUT2D eigenvalue weighted by molar-refractivity contribution is 0.0748. The zero-order chi connectivity index (χ0) is 16.6. The maximum Gasteiger partial charge on any atom is 0.289 e. The Balaban J connectivity index is 1.72. The van der Waals surface area contributed by atoms with E-state index in [4.69, 9.17) is 10.2 Å². The molecule has 1 atom stereocenters. The van der Waals surface area contributed by atoms with Gasteiger partial charge in [0.2, 0.25) is 0 Å². The summed E-state index contributed by atoms with van der Waals surface area (Å²) in [6, 6.07) is 2.91. The average Bonchev–Trinajstić information content (AvgIpc) is 3.12. The van der Waals surface area contributed by atoms with Crippen LogP contribution in [0.1, 0.15) is 55.4 Å². The maximum atomic E-state index is 12.4. The van der Waals surface area contributed by atoms with Crippen LogP contribution in [0.4, 0.5) is 0 Å². The lowest BCUT2D eigenvalue weighted by atomic mass is 9.90. The zero-order valence-electron chi connectivity index (χ0n) is 13.2. The molecule has 0 spiro atoms. The van der Waals surface area contributed by atoms with Crippen LogP contribution in [0.5, 0.6) is 0 Å². The minimum absolute atomic E-state index is 0.00294. The first-order valence-electron chi connectivity index (χ1n) is 7.57. The summed E-state index contributed by atoms with van der Waals surface area (Å²) in [5.74, 6) is -0.551. The largest absolute Gasteiger partial charge is 0.446 e. The number of aromatic nitrogens is 1. The van der Waals surface area contributed by atoms with Crippen molar-refractivity contribution >= 4 is 23.2 Å². The van der Waals surface area contributed by atoms with Gasteiger partial charge in [0, 0.05) is 24.4 Å². The number of fused-ring (bicyclic) bond motifs is 1. The number of hydrogen-bond donors (Lipinski definition) is 1. The summed E-state index contributed by atoms with van der Waals surface area (Å²) in [6.45, 7) is 2.60. The molecule has 0 saturated carbocycles. The predicted molar refractivity (Wildman–Crippen MR) is 86.7 cm³/mol. The van der Waals surface area contributed by atoms with Gasteiger partial charge >= 0.3 is 0 Å². The SMILES string of the molecule is Cc1nc2c(s1)CCC[C@H]2CN(C)C(=O)c1ccc(C(N)=O)o1. The first-order valence-corrected chi connectivity index (χ1v) is 8.38. The lowest BCUT2D eigenvalue weighted by Gasteiger charge is -2.26. The quantitative estimate of drug-likeness (QED) is 0.930. The molecule has 0 unspecified atom stereocenters. The van der Waals surface area contributed by atoms with Crippen molar-refractivity contribution in [1.29, 1.82) is 0 Å². The van der Waals surface area contributed by atoms with E-state index >= 15 is 0 Å². The van der Waals surface area contributed by atoms with Crippen molar-refractivity contribution in [2.75, 3.05) is 13.6 Å². The number of amides is 2. The van der Waals surface area contributed by atoms with Crippen LogP contribution >= 0.6 is 11.3 Å². The third kappa shape index (κ3) is 3.14. The van der Waals surface area contributed by atoms with Crippen molar-refractivity contribution in [3.05, 3.63) is 39.2 Å². The van der Waals surface area contributed by atoms with E-state index in [1.807, 2.05) is 6.92 Å². The number of thiazole rings is 1. The van der Waals surface area contributed by atoms with Gasteiger partial charge in [-0.3, -0.25) is 9.59 Å². The number of primary amides is 1. The van der Waals surface area contributed by atoms with Crippen molar-refractivity contribution in [3.8, 4) is 0 Å². The molecule has 23 heavy (non-hydrogen) atoms. The van der Waals surface area contributed by atoms with E-state index in [9.17, 15) is 9.59 Å². The van der Waals surface area contributed by atoms with Crippen LogP contribution in [0.15, 0.2) is 16.5 Å². The molecule has 122 valence electrons. The minimum atomic E-state index is -0.679. The van der Waals surface area contributed by atoms with E-state index in [2.05, 4.69) is 4.98 Å². The maximum absolute atomic E-state index is 12.4. The highest BCUT2D eigenvalue weighted by atomic mass is 32.1. The summed E-state index contributed by atoms with van der Waals surface area (Å²) in [6.07, 6.45) is 3.22. The molecule has 0 saturated heterocycles. The second-order valence-corrected chi connectivity index (χ2v) is 7.13. The summed E-state index contributed by atoms with van der Waals surface area (Å²) in [4.78, 5) is 31.1. The molecular formula is C16H19N3O3S. The fraction of sp³-hybridized carbons (Fsp3) is 0.438. The third-order valence-corrected chi connectivity index (χ3v) is 5.12. The molecule has 2 heterocycles. The molecule has 1 aliphatic rings. The van der Waals surface area contributed by atoms with Crippen LogP contribution in [0.2, 0.25) is 0 Å². The van der Waals surface area contributed by atoms with Crippen LogP contribution in [0.3, 0.4) is 0 Å². The van der Waals surface area contributed by atoms with Crippen LogP contribution in [0, 0.1) is 6.92 Å². The topological polar surface area (TPSA) is 89.4 Å². The Kier molecular flexibility index (Phi) is 4.21. The van der Waals surface area contributed by atoms with Gasteiger partial charge in [0.15, 0.2) is 11.5 Å². The van der Waals surface area contributed by atoms with E-state index in [1.165, 1.54) is 17.0 Å². The Hall–Kier alpha value is -2.15. The number of carbonyl (C=O) groups is 2. The van der Waals surface area contributed by atoms with Crippen LogP contribution in [0.25, 0.3) is 0 Å². The van der Waals surface area contributed by atoms with Crippen LogP contribution in [-0.4, -0.2) is 35.3 Å². The third-order valence-electron chi connectivity index (χ3n) is 4.08. The predicted octanol–water partition coefficient (Wildman–Crippen LogP) is 2.34. The Labute approximate surface area is 138 Å². The summed E-state index contributed by atoms with van der Waals surface area (Å²) in [7, 11) is 1.74. The Bertz CT molecular complexity index is 750. The van der Waals surface area contributed by atoms with Gasteiger partial charge in [-0.25, -0.2) is 4.98 Å². The molecule has 0 aromatic carbocycles. The van der Waals surface area contributed by atoms with Gasteiger partial charge < -0.3 is 15.1 Å². The average molecular weight is 333 g/mol. The van der Waals surface area contributed by atoms with Gasteiger partial charge in [-0.05, 0) is 38.3 Å². The van der Waals surface area contributed by atoms with Crippen LogP contribution < -0.4 is 5.73 Å². The molecule has 0 bridgehead atoms. The number of carbonyl (C=O) groups excluding carboxylic acids is 2. The molecule has 0 aliphatic heterocycles. The van der Waals surface area contributed by atoms with Crippen molar-refractivity contribution in [1.82, 2.24) is 9.88 Å². The van der Waals surface area contributed by atoms with E-state index < -0.39 is 5.91 Å². The van der Waals surface area contributed by atoms with E-state index in [0.29, 0.717) is 6.54 Å². The van der Waals surface area contributed by atoms with E-state index in [0.717, 1.165) is 30.0 Å². The molecule has 0 fully saturated rings. The van der Waals surface area contributed by atoms with Crippen molar-refractivity contribution in [2.24, 2.45) is 5.73 Å². The first-order chi connectivity index (χ1) is 11.0. The highest BCUT2D eigenvalue weighted by Gasteiger charge is 2.27. The fourth-order valence-electron chi connectivity index (χ4n) is 2.99. The minimum Gasteiger partial charge on any atom is -0.446 e. The Morgan fingerprint density at radius 2 is 2.17 bits per heavy atom. The van der Waals surface area contributed by atoms with E-state index in [-0.39, 0.29) is 23.3 Å². The number of aryl methyl sites for hydroxylation is 2. The molecule has 0 radical (unpaired) electrons. The van der Waals surface area contributed by atoms with Crippen molar-refractivity contribution in [3.63, 3.8) is 0 Å². The number of likely N-dealkylation sites (N-methyl/N-ethyl adjacent to an activating group) is 1. The van der Waals surface area contributed by atoms with Crippen molar-refractivity contribution < 1.29 is 14.0 Å². The Morgan fingerprint density at radius 3 is 2.87 bits per heavy atom. The summed E-state index contributed by atoms with van der Waals surface area (Å²) in [5.41, 5.74) is 6.28. The molecule has 7 heteroatoms. The monoisotopic (exact) mass is 333 g/mol. The molecule has 2 aromatic heterocycles. The standard InChI is InChI=1S/C16H19N3O3S/c1-9-18-14-10(4-3-5-13(14)23-9)8-19(2)16(21)12-7-6-11(22-12)15(17)20/h6-7,10H,3-5,8H2,1-2H3,(H2,17,20)/t10-/m0/s1. The van der Waals surface area contributed by atoms with E-state index in [1.54, 1.807) is 23.3 Å². The molecule has 3 rings (SSSR count). The second-order valence-electron chi connectivity index (χ2n) is 5.84. The van der Waals surface area contributed by atoms with Gasteiger partial charge in [-0.2, -0.15) is 0 Å². The number of furan rings is 1. The fourth-order valence-corrected chi connectivity index (χ4v) is 4.06. The summed E-state index contributed by atoms with van der Waals surface area (Å²) >= 11 is 1.75. The smallest absolute Gasteiger partial charge is 0.289 e. The lowest BCUT2D eigenvalue weighted by Crippen LogP contribution is -2.32. The molecular weight excluding hydrogens is 314 g/mol. The van der Waals surface area contributed by atoms with Gasteiger partial charge in [-0.15, -0.1) is 11.3 Å². The zero-order valence-corrected chi connectivity index (χ0v) is 14.0.